The van der Waals surface area contributed by atoms with Gasteiger partial charge >= 0.3 is 6.18 Å². The Morgan fingerprint density at radius 3 is 2.39 bits per heavy atom. The van der Waals surface area contributed by atoms with E-state index in [2.05, 4.69) is 20.9 Å². The molecule has 33 heavy (non-hydrogen) atoms. The molecule has 0 bridgehead atoms. The van der Waals surface area contributed by atoms with Crippen LogP contribution in [0.4, 0.5) is 24.5 Å². The van der Waals surface area contributed by atoms with Crippen molar-refractivity contribution in [3.8, 4) is 6.07 Å². The molecule has 2 atom stereocenters. The van der Waals surface area contributed by atoms with E-state index >= 15 is 0 Å². The van der Waals surface area contributed by atoms with E-state index in [9.17, 15) is 18.0 Å². The van der Waals surface area contributed by atoms with E-state index in [1.807, 2.05) is 0 Å². The van der Waals surface area contributed by atoms with Crippen molar-refractivity contribution >= 4 is 17.2 Å². The minimum absolute atomic E-state index is 0.0163. The smallest absolute Gasteiger partial charge is 0.398 e. The summed E-state index contributed by atoms with van der Waals surface area (Å²) in [6.45, 7) is 2.56. The van der Waals surface area contributed by atoms with E-state index in [-0.39, 0.29) is 22.8 Å². The Kier molecular flexibility index (Phi) is 7.76. The van der Waals surface area contributed by atoms with Gasteiger partial charge in [-0.15, -0.1) is 0 Å². The van der Waals surface area contributed by atoms with Gasteiger partial charge in [0.15, 0.2) is 0 Å². The zero-order valence-corrected chi connectivity index (χ0v) is 18.1. The van der Waals surface area contributed by atoms with Crippen molar-refractivity contribution in [2.75, 3.05) is 18.8 Å². The van der Waals surface area contributed by atoms with Gasteiger partial charge in [-0.3, -0.25) is 4.79 Å². The van der Waals surface area contributed by atoms with Crippen molar-refractivity contribution in [1.29, 1.82) is 5.26 Å². The first-order valence-corrected chi connectivity index (χ1v) is 10.8. The zero-order chi connectivity index (χ0) is 24.0. The number of halogens is 3. The molecule has 2 heterocycles. The fourth-order valence-electron chi connectivity index (χ4n) is 4.00. The molecule has 2 aromatic rings. The Labute approximate surface area is 189 Å². The van der Waals surface area contributed by atoms with Gasteiger partial charge in [0.1, 0.15) is 11.4 Å². The van der Waals surface area contributed by atoms with Crippen LogP contribution in [-0.4, -0.2) is 34.9 Å². The third-order valence-electron chi connectivity index (χ3n) is 5.93. The molecule has 0 spiro atoms. The molecule has 2 unspecified atom stereocenters. The van der Waals surface area contributed by atoms with Crippen LogP contribution in [0.15, 0.2) is 46.3 Å². The topological polar surface area (TPSA) is 124 Å². The first-order valence-electron chi connectivity index (χ1n) is 10.8. The predicted molar refractivity (Wildman–Crippen MR) is 121 cm³/mol. The van der Waals surface area contributed by atoms with Gasteiger partial charge in [0.05, 0.1) is 17.3 Å². The maximum Gasteiger partial charge on any atom is 0.416 e. The Morgan fingerprint density at radius 2 is 1.85 bits per heavy atom. The zero-order valence-electron chi connectivity index (χ0n) is 18.1. The number of aliphatic imine (C=N–C) groups is 1. The van der Waals surface area contributed by atoms with Crippen molar-refractivity contribution < 1.29 is 13.2 Å². The van der Waals surface area contributed by atoms with Crippen LogP contribution in [0, 0.1) is 17.2 Å². The monoisotopic (exact) mass is 460 g/mol. The molecule has 5 N–H and O–H groups in total. The second-order valence-corrected chi connectivity index (χ2v) is 8.21. The lowest BCUT2D eigenvalue weighted by Gasteiger charge is -2.41. The lowest BCUT2D eigenvalue weighted by molar-refractivity contribution is -0.137. The number of rotatable bonds is 3. The highest BCUT2D eigenvalue weighted by molar-refractivity contribution is 6.02. The fourth-order valence-corrected chi connectivity index (χ4v) is 4.00. The average Bonchev–Trinajstić information content (AvgIpc) is 2.73. The second kappa shape index (κ2) is 10.5. The molecule has 0 radical (unpaired) electrons. The molecular formula is C23H27F3N6O. The van der Waals surface area contributed by atoms with Gasteiger partial charge in [0.2, 0.25) is 0 Å². The highest BCUT2D eigenvalue weighted by atomic mass is 19.4. The summed E-state index contributed by atoms with van der Waals surface area (Å²) < 4.78 is 37.3. The number of alkyl halides is 3. The number of nitrogens with two attached hydrogens (primary N) is 2. The lowest BCUT2D eigenvalue weighted by Crippen LogP contribution is -2.46. The van der Waals surface area contributed by atoms with Crippen molar-refractivity contribution in [1.82, 2.24) is 9.88 Å². The summed E-state index contributed by atoms with van der Waals surface area (Å²) >= 11 is 0. The van der Waals surface area contributed by atoms with Crippen molar-refractivity contribution in [2.24, 2.45) is 16.6 Å². The first kappa shape index (κ1) is 24.3. The van der Waals surface area contributed by atoms with Crippen LogP contribution in [0.5, 0.6) is 0 Å². The van der Waals surface area contributed by atoms with E-state index in [0.29, 0.717) is 5.92 Å². The molecule has 7 nitrogen and oxygen atoms in total. The number of hydrogen-bond donors (Lipinski definition) is 3. The third-order valence-corrected chi connectivity index (χ3v) is 5.93. The minimum atomic E-state index is -4.42. The van der Waals surface area contributed by atoms with Gasteiger partial charge in [0.25, 0.3) is 5.56 Å². The van der Waals surface area contributed by atoms with Gasteiger partial charge in [0, 0.05) is 23.8 Å². The van der Waals surface area contributed by atoms with Gasteiger partial charge in [-0.1, -0.05) is 6.42 Å². The molecule has 2 aliphatic rings. The van der Waals surface area contributed by atoms with E-state index in [0.717, 1.165) is 43.1 Å². The maximum absolute atomic E-state index is 12.4. The van der Waals surface area contributed by atoms with Gasteiger partial charge in [-0.05, 0) is 69.1 Å². The van der Waals surface area contributed by atoms with Crippen LogP contribution in [0.25, 0.3) is 0 Å². The lowest BCUT2D eigenvalue weighted by atomic mass is 9.85. The molecule has 1 saturated heterocycles. The number of aromatic amines is 1. The molecule has 0 amide bonds. The summed E-state index contributed by atoms with van der Waals surface area (Å²) in [4.78, 5) is 20.4. The van der Waals surface area contributed by atoms with Crippen molar-refractivity contribution in [2.45, 2.75) is 44.3 Å². The molecule has 10 heteroatoms. The predicted octanol–water partition coefficient (Wildman–Crippen LogP) is 3.79. The molecular weight excluding hydrogens is 433 g/mol. The number of nitrogens with one attached hydrogen (secondary N) is 1. The summed E-state index contributed by atoms with van der Waals surface area (Å²) in [5.41, 5.74) is 10.3. The molecule has 1 saturated carbocycles. The first-order chi connectivity index (χ1) is 15.7. The SMILES string of the molecule is N#CC1CCCC(N2CCC2)C1.NC(=Nc1ccc(C(F)(F)F)cc1)c1c(N)cc[nH]c1=O. The standard InChI is InChI=1S/C13H11F3N4O.C10H16N2/c14-13(15,16)7-1-3-8(4-2-7)20-11(18)10-9(17)5-6-19-12(10)21;11-8-9-3-1-4-10(7-9)12-5-2-6-12/h1-6H,(H2,18,20)(H3,17,19,21);9-10H,1-7H2. The number of H-pyrrole nitrogens is 1. The number of nitrogen functional groups attached to an aromatic ring is 1. The number of hydrogen-bond acceptors (Lipinski definition) is 5. The molecule has 4 rings (SSSR count). The summed E-state index contributed by atoms with van der Waals surface area (Å²) in [5, 5.41) is 8.81. The summed E-state index contributed by atoms with van der Waals surface area (Å²) in [6, 6.07) is 8.66. The molecule has 1 aliphatic heterocycles. The second-order valence-electron chi connectivity index (χ2n) is 8.21. The summed E-state index contributed by atoms with van der Waals surface area (Å²) in [7, 11) is 0. The highest BCUT2D eigenvalue weighted by Gasteiger charge is 2.30. The molecule has 1 aromatic heterocycles. The van der Waals surface area contributed by atoms with E-state index in [4.69, 9.17) is 16.7 Å². The number of likely N-dealkylation sites (tertiary alicyclic amines) is 1. The van der Waals surface area contributed by atoms with Gasteiger partial charge < -0.3 is 21.4 Å². The highest BCUT2D eigenvalue weighted by Crippen LogP contribution is 2.31. The summed E-state index contributed by atoms with van der Waals surface area (Å²) in [5.74, 6) is 0.179. The van der Waals surface area contributed by atoms with Crippen LogP contribution < -0.4 is 17.0 Å². The van der Waals surface area contributed by atoms with Crippen LogP contribution in [-0.2, 0) is 6.18 Å². The molecule has 1 aliphatic carbocycles. The number of amidine groups is 1. The van der Waals surface area contributed by atoms with Crippen molar-refractivity contribution in [3.63, 3.8) is 0 Å². The van der Waals surface area contributed by atoms with E-state index in [1.54, 1.807) is 0 Å². The number of nitriles is 1. The largest absolute Gasteiger partial charge is 0.416 e. The van der Waals surface area contributed by atoms with E-state index in [1.165, 1.54) is 44.6 Å². The number of pyridine rings is 1. The van der Waals surface area contributed by atoms with E-state index < -0.39 is 17.3 Å². The maximum atomic E-state index is 12.4. The number of aromatic nitrogens is 1. The number of anilines is 1. The average molecular weight is 461 g/mol. The minimum Gasteiger partial charge on any atom is -0.398 e. The number of benzene rings is 1. The quantitative estimate of drug-likeness (QED) is 0.475. The summed E-state index contributed by atoms with van der Waals surface area (Å²) in [6.07, 6.45) is 3.17. The van der Waals surface area contributed by atoms with Gasteiger partial charge in [-0.25, -0.2) is 4.99 Å². The van der Waals surface area contributed by atoms with Crippen LogP contribution >= 0.6 is 0 Å². The Morgan fingerprint density at radius 1 is 1.15 bits per heavy atom. The normalized spacial score (nSPS) is 21.3. The van der Waals surface area contributed by atoms with Crippen LogP contribution in [0.1, 0.15) is 43.2 Å². The van der Waals surface area contributed by atoms with Crippen molar-refractivity contribution in [3.05, 3.63) is 58.0 Å². The van der Waals surface area contributed by atoms with Gasteiger partial charge in [-0.2, -0.15) is 18.4 Å². The number of nitrogens with zero attached hydrogens (tertiary/aromatic N) is 3. The third kappa shape index (κ3) is 6.35. The molecule has 1 aromatic carbocycles. The Bertz CT molecular complexity index is 1070. The fraction of sp³-hybridized carbons (Fsp3) is 0.435. The molecule has 176 valence electrons. The Hall–Kier alpha value is -3.32. The molecule has 2 fully saturated rings. The Balaban J connectivity index is 0.000000215. The van der Waals surface area contributed by atoms with Crippen LogP contribution in [0.2, 0.25) is 0 Å². The van der Waals surface area contributed by atoms with Crippen LogP contribution in [0.3, 0.4) is 0 Å².